The molecular formula is C14H25ClN4O. The largest absolute Gasteiger partial charge is 0.348 e. The molecule has 114 valence electrons. The van der Waals surface area contributed by atoms with Gasteiger partial charge >= 0.3 is 0 Å². The van der Waals surface area contributed by atoms with Gasteiger partial charge in [-0.15, -0.1) is 12.4 Å². The van der Waals surface area contributed by atoms with Crippen molar-refractivity contribution in [3.8, 4) is 0 Å². The van der Waals surface area contributed by atoms with E-state index in [-0.39, 0.29) is 30.4 Å². The lowest BCUT2D eigenvalue weighted by Gasteiger charge is -2.12. The summed E-state index contributed by atoms with van der Waals surface area (Å²) in [4.78, 5) is 12.2. The number of nitrogens with one attached hydrogen (secondary N) is 1. The Morgan fingerprint density at radius 2 is 2.25 bits per heavy atom. The molecule has 0 spiro atoms. The molecule has 1 aliphatic rings. The van der Waals surface area contributed by atoms with Crippen LogP contribution < -0.4 is 11.1 Å². The number of halogens is 1. The van der Waals surface area contributed by atoms with Crippen LogP contribution in [0.5, 0.6) is 0 Å². The van der Waals surface area contributed by atoms with Crippen LogP contribution in [0.3, 0.4) is 0 Å². The van der Waals surface area contributed by atoms with Gasteiger partial charge in [0.15, 0.2) is 0 Å². The molecule has 1 heterocycles. The quantitative estimate of drug-likeness (QED) is 0.888. The van der Waals surface area contributed by atoms with Crippen LogP contribution in [0.1, 0.15) is 49.3 Å². The SMILES string of the molecule is CC(C)Cc1cc(C(=O)N[C@@H]2CC[C@@H](N)C2)n(C)n1.Cl. The van der Waals surface area contributed by atoms with Gasteiger partial charge in [-0.1, -0.05) is 13.8 Å². The first-order valence-corrected chi connectivity index (χ1v) is 7.05. The molecule has 2 atom stereocenters. The lowest BCUT2D eigenvalue weighted by molar-refractivity contribution is 0.0928. The minimum Gasteiger partial charge on any atom is -0.348 e. The van der Waals surface area contributed by atoms with Gasteiger partial charge in [0.2, 0.25) is 0 Å². The number of hydrogen-bond acceptors (Lipinski definition) is 3. The molecule has 2 rings (SSSR count). The van der Waals surface area contributed by atoms with E-state index in [9.17, 15) is 4.79 Å². The Hall–Kier alpha value is -1.07. The smallest absolute Gasteiger partial charge is 0.269 e. The minimum atomic E-state index is -0.0379. The highest BCUT2D eigenvalue weighted by Crippen LogP contribution is 2.18. The standard InChI is InChI=1S/C14H24N4O.ClH/c1-9(2)6-12-8-13(18(3)17-12)14(19)16-11-5-4-10(15)7-11;/h8-11H,4-7,15H2,1-3H3,(H,16,19);1H/t10-,11-;/m1./s1. The fourth-order valence-corrected chi connectivity index (χ4v) is 2.66. The molecule has 1 aromatic heterocycles. The van der Waals surface area contributed by atoms with Crippen LogP contribution in [0.2, 0.25) is 0 Å². The number of nitrogens with zero attached hydrogens (tertiary/aromatic N) is 2. The molecular weight excluding hydrogens is 276 g/mol. The summed E-state index contributed by atoms with van der Waals surface area (Å²) in [6, 6.07) is 2.34. The van der Waals surface area contributed by atoms with E-state index in [1.807, 2.05) is 13.1 Å². The highest BCUT2D eigenvalue weighted by atomic mass is 35.5. The molecule has 0 saturated heterocycles. The van der Waals surface area contributed by atoms with Crippen LogP contribution in [0, 0.1) is 5.92 Å². The third-order valence-electron chi connectivity index (χ3n) is 3.59. The van der Waals surface area contributed by atoms with Gasteiger partial charge in [0, 0.05) is 19.1 Å². The zero-order chi connectivity index (χ0) is 14.0. The molecule has 1 aliphatic carbocycles. The van der Waals surface area contributed by atoms with Crippen molar-refractivity contribution in [1.29, 1.82) is 0 Å². The van der Waals surface area contributed by atoms with E-state index < -0.39 is 0 Å². The first-order valence-electron chi connectivity index (χ1n) is 7.05. The molecule has 0 unspecified atom stereocenters. The van der Waals surface area contributed by atoms with Crippen molar-refractivity contribution in [2.45, 2.75) is 51.6 Å². The number of hydrogen-bond donors (Lipinski definition) is 2. The number of aryl methyl sites for hydroxylation is 1. The number of aromatic nitrogens is 2. The van der Waals surface area contributed by atoms with Crippen molar-refractivity contribution < 1.29 is 4.79 Å². The highest BCUT2D eigenvalue weighted by Gasteiger charge is 2.24. The molecule has 0 aromatic carbocycles. The third-order valence-corrected chi connectivity index (χ3v) is 3.59. The average molecular weight is 301 g/mol. The van der Waals surface area contributed by atoms with Crippen LogP contribution in [-0.2, 0) is 13.5 Å². The van der Waals surface area contributed by atoms with Crippen molar-refractivity contribution in [1.82, 2.24) is 15.1 Å². The normalized spacial score (nSPS) is 21.9. The average Bonchev–Trinajstić information content (AvgIpc) is 2.84. The van der Waals surface area contributed by atoms with E-state index in [0.29, 0.717) is 11.6 Å². The summed E-state index contributed by atoms with van der Waals surface area (Å²) in [7, 11) is 1.82. The van der Waals surface area contributed by atoms with Gasteiger partial charge in [-0.3, -0.25) is 9.48 Å². The van der Waals surface area contributed by atoms with Crippen molar-refractivity contribution >= 4 is 18.3 Å². The van der Waals surface area contributed by atoms with E-state index in [1.165, 1.54) is 0 Å². The summed E-state index contributed by atoms with van der Waals surface area (Å²) in [6.45, 7) is 4.29. The van der Waals surface area contributed by atoms with Gasteiger partial charge in [-0.2, -0.15) is 5.10 Å². The number of amides is 1. The summed E-state index contributed by atoms with van der Waals surface area (Å²) in [5.41, 5.74) is 7.47. The Labute approximate surface area is 126 Å². The first-order chi connectivity index (χ1) is 8.95. The summed E-state index contributed by atoms with van der Waals surface area (Å²) >= 11 is 0. The molecule has 3 N–H and O–H groups in total. The van der Waals surface area contributed by atoms with Gasteiger partial charge in [-0.05, 0) is 37.7 Å². The predicted octanol–water partition coefficient (Wildman–Crippen LogP) is 1.65. The van der Waals surface area contributed by atoms with Crippen LogP contribution >= 0.6 is 12.4 Å². The van der Waals surface area contributed by atoms with Crippen LogP contribution in [0.15, 0.2) is 6.07 Å². The van der Waals surface area contributed by atoms with Gasteiger partial charge in [0.25, 0.3) is 5.91 Å². The zero-order valence-corrected chi connectivity index (χ0v) is 13.2. The molecule has 1 saturated carbocycles. The summed E-state index contributed by atoms with van der Waals surface area (Å²) < 4.78 is 1.67. The van der Waals surface area contributed by atoms with Gasteiger partial charge < -0.3 is 11.1 Å². The molecule has 0 aliphatic heterocycles. The molecule has 20 heavy (non-hydrogen) atoms. The number of carbonyl (C=O) groups excluding carboxylic acids is 1. The third kappa shape index (κ3) is 4.21. The number of rotatable bonds is 4. The Bertz CT molecular complexity index is 458. The molecule has 0 radical (unpaired) electrons. The topological polar surface area (TPSA) is 72.9 Å². The second-order valence-corrected chi connectivity index (χ2v) is 5.99. The van der Waals surface area contributed by atoms with Crippen molar-refractivity contribution in [2.75, 3.05) is 0 Å². The molecule has 0 bridgehead atoms. The first kappa shape index (κ1) is 17.0. The number of carbonyl (C=O) groups is 1. The second-order valence-electron chi connectivity index (χ2n) is 5.99. The van der Waals surface area contributed by atoms with Crippen molar-refractivity contribution in [3.05, 3.63) is 17.5 Å². The van der Waals surface area contributed by atoms with Crippen molar-refractivity contribution in [2.24, 2.45) is 18.7 Å². The fourth-order valence-electron chi connectivity index (χ4n) is 2.66. The Kier molecular flexibility index (Phi) is 6.02. The summed E-state index contributed by atoms with van der Waals surface area (Å²) in [5.74, 6) is 0.503. The van der Waals surface area contributed by atoms with Gasteiger partial charge in [0.05, 0.1) is 5.69 Å². The van der Waals surface area contributed by atoms with Gasteiger partial charge in [-0.25, -0.2) is 0 Å². The predicted molar refractivity (Wildman–Crippen MR) is 82.1 cm³/mol. The van der Waals surface area contributed by atoms with Crippen LogP contribution in [-0.4, -0.2) is 27.8 Å². The maximum absolute atomic E-state index is 12.2. The van der Waals surface area contributed by atoms with Crippen LogP contribution in [0.25, 0.3) is 0 Å². The van der Waals surface area contributed by atoms with Gasteiger partial charge in [0.1, 0.15) is 5.69 Å². The van der Waals surface area contributed by atoms with E-state index in [1.54, 1.807) is 4.68 Å². The fraction of sp³-hybridized carbons (Fsp3) is 0.714. The Morgan fingerprint density at radius 1 is 1.55 bits per heavy atom. The highest BCUT2D eigenvalue weighted by molar-refractivity contribution is 5.92. The molecule has 6 heteroatoms. The second kappa shape index (κ2) is 7.09. The monoisotopic (exact) mass is 300 g/mol. The Morgan fingerprint density at radius 3 is 2.80 bits per heavy atom. The molecule has 1 aromatic rings. The number of nitrogens with two attached hydrogens (primary N) is 1. The Balaban J connectivity index is 0.00000200. The maximum atomic E-state index is 12.2. The van der Waals surface area contributed by atoms with E-state index >= 15 is 0 Å². The zero-order valence-electron chi connectivity index (χ0n) is 12.4. The van der Waals surface area contributed by atoms with E-state index in [0.717, 1.165) is 31.4 Å². The molecule has 5 nitrogen and oxygen atoms in total. The lowest BCUT2D eigenvalue weighted by Crippen LogP contribution is -2.35. The maximum Gasteiger partial charge on any atom is 0.269 e. The van der Waals surface area contributed by atoms with Crippen LogP contribution in [0.4, 0.5) is 0 Å². The molecule has 1 fully saturated rings. The molecule has 1 amide bonds. The van der Waals surface area contributed by atoms with E-state index in [4.69, 9.17) is 5.73 Å². The summed E-state index contributed by atoms with van der Waals surface area (Å²) in [5, 5.41) is 7.45. The minimum absolute atomic E-state index is 0. The van der Waals surface area contributed by atoms with E-state index in [2.05, 4.69) is 24.3 Å². The van der Waals surface area contributed by atoms with Crippen molar-refractivity contribution in [3.63, 3.8) is 0 Å². The summed E-state index contributed by atoms with van der Waals surface area (Å²) in [6.07, 6.45) is 3.75. The lowest BCUT2D eigenvalue weighted by atomic mass is 10.1.